The molecule has 25 heavy (non-hydrogen) atoms. The number of piperidine rings is 1. The van der Waals surface area contributed by atoms with Gasteiger partial charge in [-0.05, 0) is 62.1 Å². The van der Waals surface area contributed by atoms with Crippen LogP contribution in [0.25, 0.3) is 0 Å². The van der Waals surface area contributed by atoms with Gasteiger partial charge < -0.3 is 10.1 Å². The molecule has 1 aromatic rings. The summed E-state index contributed by atoms with van der Waals surface area (Å²) in [6, 6.07) is 2.16. The van der Waals surface area contributed by atoms with Gasteiger partial charge in [0, 0.05) is 31.9 Å². The molecule has 1 aromatic carbocycles. The van der Waals surface area contributed by atoms with Gasteiger partial charge in [-0.1, -0.05) is 6.07 Å². The molecule has 1 N–H and O–H groups in total. The van der Waals surface area contributed by atoms with E-state index < -0.39 is 5.92 Å². The summed E-state index contributed by atoms with van der Waals surface area (Å²) >= 11 is 0. The Morgan fingerprint density at radius 1 is 1.24 bits per heavy atom. The lowest BCUT2D eigenvalue weighted by Crippen LogP contribution is -2.37. The van der Waals surface area contributed by atoms with Crippen molar-refractivity contribution in [2.75, 3.05) is 31.6 Å². The molecule has 5 heteroatoms. The molecule has 0 aromatic heterocycles. The summed E-state index contributed by atoms with van der Waals surface area (Å²) < 4.78 is 35.0. The number of fused-ring (bicyclic) bond motifs is 1. The van der Waals surface area contributed by atoms with E-state index in [0.717, 1.165) is 56.5 Å². The molecule has 4 rings (SSSR count). The molecule has 3 aliphatic rings. The summed E-state index contributed by atoms with van der Waals surface area (Å²) in [7, 11) is 0. The summed E-state index contributed by atoms with van der Waals surface area (Å²) in [5.41, 5.74) is 3.99. The molecule has 1 saturated heterocycles. The van der Waals surface area contributed by atoms with Crippen LogP contribution in [0.5, 0.6) is 0 Å². The maximum absolute atomic E-state index is 14.7. The average Bonchev–Trinajstić information content (AvgIpc) is 3.36. The minimum Gasteiger partial charge on any atom is -0.378 e. The molecule has 1 saturated carbocycles. The zero-order chi connectivity index (χ0) is 17.6. The lowest BCUT2D eigenvalue weighted by Gasteiger charge is -2.33. The van der Waals surface area contributed by atoms with Crippen molar-refractivity contribution in [2.45, 2.75) is 64.0 Å². The molecule has 3 nitrogen and oxygen atoms in total. The van der Waals surface area contributed by atoms with Gasteiger partial charge in [0.05, 0.1) is 18.2 Å². The zero-order valence-electron chi connectivity index (χ0n) is 15.2. The highest BCUT2D eigenvalue weighted by atomic mass is 19.3. The molecule has 1 aliphatic carbocycles. The molecule has 2 heterocycles. The Hall–Kier alpha value is -1.20. The van der Waals surface area contributed by atoms with Crippen LogP contribution in [0.4, 0.5) is 14.5 Å². The second kappa shape index (κ2) is 6.51. The van der Waals surface area contributed by atoms with Crippen LogP contribution < -0.4 is 5.32 Å². The predicted octanol–water partition coefficient (Wildman–Crippen LogP) is 4.39. The number of ether oxygens (including phenoxy) is 1. The number of aryl methyl sites for hydroxylation is 1. The zero-order valence-corrected chi connectivity index (χ0v) is 15.2. The van der Waals surface area contributed by atoms with E-state index in [2.05, 4.69) is 16.3 Å². The number of hydrogen-bond donors (Lipinski definition) is 1. The SMILES string of the molecule is CCOC1CCN(Cc2c(C3CC3)cc(C)c3c2C(F)(F)CN3)CC1. The first kappa shape index (κ1) is 17.2. The number of benzene rings is 1. The van der Waals surface area contributed by atoms with Crippen LogP contribution in [-0.4, -0.2) is 37.2 Å². The van der Waals surface area contributed by atoms with E-state index in [-0.39, 0.29) is 12.1 Å². The Morgan fingerprint density at radius 3 is 2.60 bits per heavy atom. The second-order valence-corrected chi connectivity index (χ2v) is 7.77. The summed E-state index contributed by atoms with van der Waals surface area (Å²) in [5.74, 6) is -2.28. The summed E-state index contributed by atoms with van der Waals surface area (Å²) in [4.78, 5) is 2.33. The average molecular weight is 350 g/mol. The molecule has 0 radical (unpaired) electrons. The minimum absolute atomic E-state index is 0.267. The van der Waals surface area contributed by atoms with E-state index in [1.165, 1.54) is 5.56 Å². The standard InChI is InChI=1S/C20H28F2N2O/c1-3-25-15-6-8-24(9-7-15)11-17-16(14-4-5-14)10-13(2)19-18(17)20(21,22)12-23-19/h10,14-15,23H,3-9,11-12H2,1-2H3. The van der Waals surface area contributed by atoms with Crippen molar-refractivity contribution in [3.8, 4) is 0 Å². The molecule has 138 valence electrons. The van der Waals surface area contributed by atoms with E-state index in [1.807, 2.05) is 13.8 Å². The lowest BCUT2D eigenvalue weighted by molar-refractivity contribution is 0.00814. The maximum Gasteiger partial charge on any atom is 0.292 e. The van der Waals surface area contributed by atoms with Crippen LogP contribution in [0.3, 0.4) is 0 Å². The molecular weight excluding hydrogens is 322 g/mol. The molecule has 0 spiro atoms. The fraction of sp³-hybridized carbons (Fsp3) is 0.700. The Bertz CT molecular complexity index is 650. The van der Waals surface area contributed by atoms with Crippen LogP contribution in [0.15, 0.2) is 6.07 Å². The van der Waals surface area contributed by atoms with Gasteiger partial charge in [0.15, 0.2) is 0 Å². The van der Waals surface area contributed by atoms with Crippen molar-refractivity contribution in [2.24, 2.45) is 0 Å². The highest BCUT2D eigenvalue weighted by Gasteiger charge is 2.44. The first-order valence-corrected chi connectivity index (χ1v) is 9.62. The summed E-state index contributed by atoms with van der Waals surface area (Å²) in [6.45, 7) is 6.96. The van der Waals surface area contributed by atoms with Gasteiger partial charge in [-0.25, -0.2) is 0 Å². The van der Waals surface area contributed by atoms with Crippen molar-refractivity contribution < 1.29 is 13.5 Å². The predicted molar refractivity (Wildman–Crippen MR) is 95.5 cm³/mol. The third kappa shape index (κ3) is 3.28. The molecule has 2 fully saturated rings. The molecule has 0 unspecified atom stereocenters. The van der Waals surface area contributed by atoms with Crippen molar-refractivity contribution in [3.63, 3.8) is 0 Å². The third-order valence-electron chi connectivity index (χ3n) is 5.86. The molecule has 0 amide bonds. The number of likely N-dealkylation sites (tertiary alicyclic amines) is 1. The van der Waals surface area contributed by atoms with Gasteiger partial charge in [-0.3, -0.25) is 4.90 Å². The van der Waals surface area contributed by atoms with Gasteiger partial charge in [0.25, 0.3) is 5.92 Å². The Balaban J connectivity index is 1.62. The lowest BCUT2D eigenvalue weighted by atomic mass is 9.91. The van der Waals surface area contributed by atoms with Gasteiger partial charge in [0.1, 0.15) is 0 Å². The van der Waals surface area contributed by atoms with Crippen molar-refractivity contribution in [1.29, 1.82) is 0 Å². The van der Waals surface area contributed by atoms with Gasteiger partial charge in [-0.15, -0.1) is 0 Å². The first-order chi connectivity index (χ1) is 12.0. The number of halogens is 2. The number of nitrogens with one attached hydrogen (secondary N) is 1. The van der Waals surface area contributed by atoms with E-state index in [0.29, 0.717) is 24.3 Å². The van der Waals surface area contributed by atoms with E-state index >= 15 is 0 Å². The normalized spacial score (nSPS) is 23.5. The van der Waals surface area contributed by atoms with Gasteiger partial charge >= 0.3 is 0 Å². The monoisotopic (exact) mass is 350 g/mol. The third-order valence-corrected chi connectivity index (χ3v) is 5.86. The smallest absolute Gasteiger partial charge is 0.292 e. The number of nitrogens with zero attached hydrogens (tertiary/aromatic N) is 1. The Morgan fingerprint density at radius 2 is 1.96 bits per heavy atom. The quantitative estimate of drug-likeness (QED) is 0.852. The van der Waals surface area contributed by atoms with Crippen LogP contribution in [0.1, 0.15) is 60.8 Å². The van der Waals surface area contributed by atoms with Gasteiger partial charge in [0.2, 0.25) is 0 Å². The minimum atomic E-state index is -2.76. The largest absolute Gasteiger partial charge is 0.378 e. The Labute approximate surface area is 148 Å². The Kier molecular flexibility index (Phi) is 4.49. The van der Waals surface area contributed by atoms with Crippen molar-refractivity contribution in [3.05, 3.63) is 28.3 Å². The van der Waals surface area contributed by atoms with Gasteiger partial charge in [-0.2, -0.15) is 8.78 Å². The van der Waals surface area contributed by atoms with Crippen LogP contribution in [0, 0.1) is 6.92 Å². The van der Waals surface area contributed by atoms with E-state index in [4.69, 9.17) is 4.74 Å². The number of hydrogen-bond acceptors (Lipinski definition) is 3. The second-order valence-electron chi connectivity index (χ2n) is 7.77. The number of anilines is 1. The van der Waals surface area contributed by atoms with Crippen LogP contribution >= 0.6 is 0 Å². The topological polar surface area (TPSA) is 24.5 Å². The van der Waals surface area contributed by atoms with Crippen molar-refractivity contribution in [1.82, 2.24) is 4.90 Å². The summed E-state index contributed by atoms with van der Waals surface area (Å²) in [6.07, 6.45) is 4.59. The summed E-state index contributed by atoms with van der Waals surface area (Å²) in [5, 5.41) is 2.96. The van der Waals surface area contributed by atoms with Crippen LogP contribution in [0.2, 0.25) is 0 Å². The molecular formula is C20H28F2N2O. The van der Waals surface area contributed by atoms with Crippen LogP contribution in [-0.2, 0) is 17.2 Å². The molecule has 2 aliphatic heterocycles. The fourth-order valence-corrected chi connectivity index (χ4v) is 4.43. The van der Waals surface area contributed by atoms with Crippen molar-refractivity contribution >= 4 is 5.69 Å². The highest BCUT2D eigenvalue weighted by molar-refractivity contribution is 5.68. The first-order valence-electron chi connectivity index (χ1n) is 9.62. The molecule has 0 bridgehead atoms. The highest BCUT2D eigenvalue weighted by Crippen LogP contribution is 2.50. The van der Waals surface area contributed by atoms with E-state index in [9.17, 15) is 8.78 Å². The maximum atomic E-state index is 14.7. The fourth-order valence-electron chi connectivity index (χ4n) is 4.43. The number of rotatable bonds is 5. The van der Waals surface area contributed by atoms with E-state index in [1.54, 1.807) is 0 Å². The number of alkyl halides is 2. The molecule has 0 atom stereocenters.